The van der Waals surface area contributed by atoms with E-state index in [1.54, 1.807) is 7.05 Å². The van der Waals surface area contributed by atoms with Crippen molar-refractivity contribution >= 4 is 10.0 Å². The molecular formula is C12H20N2O4S. The number of rotatable bonds is 5. The summed E-state index contributed by atoms with van der Waals surface area (Å²) >= 11 is 0. The molecule has 0 unspecified atom stereocenters. The van der Waals surface area contributed by atoms with Crippen LogP contribution in [0.2, 0.25) is 0 Å². The maximum absolute atomic E-state index is 12.3. The Morgan fingerprint density at radius 3 is 2.74 bits per heavy atom. The van der Waals surface area contributed by atoms with Gasteiger partial charge in [0.1, 0.15) is 0 Å². The zero-order chi connectivity index (χ0) is 13.9. The maximum Gasteiger partial charge on any atom is 0.244 e. The first-order valence-electron chi connectivity index (χ1n) is 6.36. The van der Waals surface area contributed by atoms with E-state index in [0.29, 0.717) is 31.4 Å². The van der Waals surface area contributed by atoms with Gasteiger partial charge in [-0.25, -0.2) is 12.7 Å². The molecule has 2 heterocycles. The number of nitrogens with zero attached hydrogens (tertiary/aromatic N) is 1. The lowest BCUT2D eigenvalue weighted by molar-refractivity contribution is 0.0620. The minimum absolute atomic E-state index is 0.195. The normalized spacial score (nSPS) is 18.1. The van der Waals surface area contributed by atoms with Crippen molar-refractivity contribution in [2.45, 2.75) is 24.3 Å². The second kappa shape index (κ2) is 6.04. The number of aromatic amines is 1. The first kappa shape index (κ1) is 14.5. The molecule has 1 aliphatic rings. The van der Waals surface area contributed by atoms with Crippen molar-refractivity contribution in [3.05, 3.63) is 18.0 Å². The van der Waals surface area contributed by atoms with Crippen LogP contribution in [0.4, 0.5) is 0 Å². The lowest BCUT2D eigenvalue weighted by Gasteiger charge is -2.26. The third-order valence-electron chi connectivity index (χ3n) is 3.45. The summed E-state index contributed by atoms with van der Waals surface area (Å²) in [6.45, 7) is 1.72. The highest BCUT2D eigenvalue weighted by molar-refractivity contribution is 7.89. The van der Waals surface area contributed by atoms with Gasteiger partial charge in [-0.15, -0.1) is 0 Å². The third-order valence-corrected chi connectivity index (χ3v) is 5.25. The van der Waals surface area contributed by atoms with Gasteiger partial charge in [-0.1, -0.05) is 0 Å². The summed E-state index contributed by atoms with van der Waals surface area (Å²) < 4.78 is 31.3. The molecule has 0 aromatic carbocycles. The van der Waals surface area contributed by atoms with Crippen molar-refractivity contribution in [3.63, 3.8) is 0 Å². The molecule has 0 spiro atoms. The van der Waals surface area contributed by atoms with Gasteiger partial charge in [0, 0.05) is 38.7 Å². The van der Waals surface area contributed by atoms with E-state index in [9.17, 15) is 8.42 Å². The predicted molar refractivity (Wildman–Crippen MR) is 70.1 cm³/mol. The van der Waals surface area contributed by atoms with Crippen LogP contribution in [0, 0.1) is 5.92 Å². The van der Waals surface area contributed by atoms with Gasteiger partial charge in [0.25, 0.3) is 0 Å². The van der Waals surface area contributed by atoms with Crippen molar-refractivity contribution in [1.82, 2.24) is 9.29 Å². The maximum atomic E-state index is 12.3. The number of aliphatic hydroxyl groups excluding tert-OH is 1. The highest BCUT2D eigenvalue weighted by Gasteiger charge is 2.25. The Kier molecular flexibility index (Phi) is 4.62. The summed E-state index contributed by atoms with van der Waals surface area (Å²) in [6.07, 6.45) is 3.21. The fraction of sp³-hybridized carbons (Fsp3) is 0.667. The number of hydrogen-bond acceptors (Lipinski definition) is 4. The molecule has 7 heteroatoms. The Morgan fingerprint density at radius 1 is 1.47 bits per heavy atom. The SMILES string of the molecule is CN(CC1CCOCC1)S(=O)(=O)c1c[nH]c(CO)c1. The van der Waals surface area contributed by atoms with Crippen LogP contribution in [0.5, 0.6) is 0 Å². The summed E-state index contributed by atoms with van der Waals surface area (Å²) in [5, 5.41) is 8.96. The second-order valence-electron chi connectivity index (χ2n) is 4.86. The van der Waals surface area contributed by atoms with Gasteiger partial charge in [-0.2, -0.15) is 0 Å². The van der Waals surface area contributed by atoms with Crippen LogP contribution in [0.25, 0.3) is 0 Å². The molecule has 19 heavy (non-hydrogen) atoms. The van der Waals surface area contributed by atoms with E-state index in [4.69, 9.17) is 9.84 Å². The quantitative estimate of drug-likeness (QED) is 0.829. The van der Waals surface area contributed by atoms with Crippen LogP contribution in [-0.4, -0.2) is 49.6 Å². The Hall–Kier alpha value is -0.890. The average Bonchev–Trinajstić information content (AvgIpc) is 2.89. The number of sulfonamides is 1. The van der Waals surface area contributed by atoms with Gasteiger partial charge in [-0.05, 0) is 24.8 Å². The largest absolute Gasteiger partial charge is 0.390 e. The molecule has 2 rings (SSSR count). The van der Waals surface area contributed by atoms with Crippen molar-refractivity contribution in [2.24, 2.45) is 5.92 Å². The lowest BCUT2D eigenvalue weighted by Crippen LogP contribution is -2.34. The van der Waals surface area contributed by atoms with Gasteiger partial charge in [0.2, 0.25) is 10.0 Å². The number of nitrogens with one attached hydrogen (secondary N) is 1. The molecule has 1 fully saturated rings. The first-order valence-corrected chi connectivity index (χ1v) is 7.80. The van der Waals surface area contributed by atoms with E-state index in [2.05, 4.69) is 4.98 Å². The van der Waals surface area contributed by atoms with E-state index < -0.39 is 10.0 Å². The summed E-state index contributed by atoms with van der Waals surface area (Å²) in [5.74, 6) is 0.352. The molecule has 0 amide bonds. The molecule has 1 aromatic rings. The Labute approximate surface area is 113 Å². The average molecular weight is 288 g/mol. The number of aromatic nitrogens is 1. The molecule has 0 saturated carbocycles. The Balaban J connectivity index is 2.05. The minimum atomic E-state index is -3.48. The molecule has 0 radical (unpaired) electrons. The van der Waals surface area contributed by atoms with Crippen LogP contribution >= 0.6 is 0 Å². The van der Waals surface area contributed by atoms with E-state index in [1.165, 1.54) is 16.6 Å². The number of ether oxygens (including phenoxy) is 1. The van der Waals surface area contributed by atoms with Crippen molar-refractivity contribution in [2.75, 3.05) is 26.8 Å². The zero-order valence-electron chi connectivity index (χ0n) is 11.0. The zero-order valence-corrected chi connectivity index (χ0v) is 11.8. The smallest absolute Gasteiger partial charge is 0.244 e. The second-order valence-corrected chi connectivity index (χ2v) is 6.90. The monoisotopic (exact) mass is 288 g/mol. The molecule has 1 aliphatic heterocycles. The number of hydrogen-bond donors (Lipinski definition) is 2. The minimum Gasteiger partial charge on any atom is -0.390 e. The van der Waals surface area contributed by atoms with Crippen LogP contribution in [0.1, 0.15) is 18.5 Å². The van der Waals surface area contributed by atoms with Gasteiger partial charge in [0.05, 0.1) is 11.5 Å². The van der Waals surface area contributed by atoms with Gasteiger partial charge >= 0.3 is 0 Å². The van der Waals surface area contributed by atoms with Crippen LogP contribution in [-0.2, 0) is 21.4 Å². The topological polar surface area (TPSA) is 82.6 Å². The van der Waals surface area contributed by atoms with Gasteiger partial charge in [-0.3, -0.25) is 0 Å². The standard InChI is InChI=1S/C12H20N2O4S/c1-14(8-10-2-4-18-5-3-10)19(16,17)12-6-11(9-15)13-7-12/h6-7,10,13,15H,2-5,8-9H2,1H3. The Bertz CT molecular complexity index is 506. The number of aliphatic hydroxyl groups is 1. The highest BCUT2D eigenvalue weighted by Crippen LogP contribution is 2.21. The molecule has 0 atom stereocenters. The third kappa shape index (κ3) is 3.36. The molecular weight excluding hydrogens is 268 g/mol. The summed E-state index contributed by atoms with van der Waals surface area (Å²) in [7, 11) is -1.88. The fourth-order valence-electron chi connectivity index (χ4n) is 2.23. The molecule has 108 valence electrons. The highest BCUT2D eigenvalue weighted by atomic mass is 32.2. The molecule has 1 saturated heterocycles. The van der Waals surface area contributed by atoms with Gasteiger partial charge < -0.3 is 14.8 Å². The molecule has 6 nitrogen and oxygen atoms in total. The van der Waals surface area contributed by atoms with E-state index in [1.807, 2.05) is 0 Å². The fourth-order valence-corrected chi connectivity index (χ4v) is 3.50. The van der Waals surface area contributed by atoms with Gasteiger partial charge in [0.15, 0.2) is 0 Å². The van der Waals surface area contributed by atoms with Crippen LogP contribution in [0.3, 0.4) is 0 Å². The Morgan fingerprint density at radius 2 is 2.16 bits per heavy atom. The number of H-pyrrole nitrogens is 1. The van der Waals surface area contributed by atoms with Crippen molar-refractivity contribution in [1.29, 1.82) is 0 Å². The molecule has 1 aromatic heterocycles. The lowest BCUT2D eigenvalue weighted by atomic mass is 10.0. The van der Waals surface area contributed by atoms with Crippen molar-refractivity contribution in [3.8, 4) is 0 Å². The summed E-state index contributed by atoms with van der Waals surface area (Å²) in [4.78, 5) is 2.94. The molecule has 2 N–H and O–H groups in total. The van der Waals surface area contributed by atoms with Crippen LogP contribution in [0.15, 0.2) is 17.2 Å². The first-order chi connectivity index (χ1) is 9.04. The van der Waals surface area contributed by atoms with Crippen LogP contribution < -0.4 is 0 Å². The summed E-state index contributed by atoms with van der Waals surface area (Å²) in [6, 6.07) is 1.47. The molecule has 0 bridgehead atoms. The summed E-state index contributed by atoms with van der Waals surface area (Å²) in [5.41, 5.74) is 0.498. The predicted octanol–water partition coefficient (Wildman–Crippen LogP) is 0.554. The molecule has 0 aliphatic carbocycles. The van der Waals surface area contributed by atoms with E-state index >= 15 is 0 Å². The van der Waals surface area contributed by atoms with E-state index in [0.717, 1.165) is 12.8 Å². The van der Waals surface area contributed by atoms with E-state index in [-0.39, 0.29) is 11.5 Å². The van der Waals surface area contributed by atoms with Crippen molar-refractivity contribution < 1.29 is 18.3 Å².